The molecule has 7 nitrogen and oxygen atoms in total. The number of aromatic nitrogens is 2. The van der Waals surface area contributed by atoms with E-state index < -0.39 is 11.5 Å². The topological polar surface area (TPSA) is 90.3 Å². The lowest BCUT2D eigenvalue weighted by Gasteiger charge is -2.11. The monoisotopic (exact) mass is 475 g/mol. The Hall–Kier alpha value is -3.78. The van der Waals surface area contributed by atoms with Crippen LogP contribution < -0.4 is 10.9 Å². The van der Waals surface area contributed by atoms with Gasteiger partial charge in [0.15, 0.2) is 5.69 Å². The molecule has 0 spiro atoms. The zero-order valence-corrected chi connectivity index (χ0v) is 20.0. The van der Waals surface area contributed by atoms with Gasteiger partial charge in [0.2, 0.25) is 5.91 Å². The van der Waals surface area contributed by atoms with Gasteiger partial charge < -0.3 is 10.1 Å². The number of rotatable bonds is 7. The normalized spacial score (nSPS) is 11.1. The number of esters is 1. The van der Waals surface area contributed by atoms with Crippen molar-refractivity contribution in [3.05, 3.63) is 87.2 Å². The predicted octanol–water partition coefficient (Wildman–Crippen LogP) is 4.93. The van der Waals surface area contributed by atoms with Crippen molar-refractivity contribution in [3.8, 4) is 5.69 Å². The minimum Gasteiger partial charge on any atom is -0.461 e. The number of carbonyl (C=O) groups excluding carboxylic acids is 2. The molecule has 0 fully saturated rings. The van der Waals surface area contributed by atoms with E-state index in [1.807, 2.05) is 42.5 Å². The van der Waals surface area contributed by atoms with E-state index in [0.717, 1.165) is 11.1 Å². The summed E-state index contributed by atoms with van der Waals surface area (Å²) in [5, 5.41) is 9.81. The number of benzene rings is 2. The van der Waals surface area contributed by atoms with Gasteiger partial charge >= 0.3 is 5.97 Å². The van der Waals surface area contributed by atoms with E-state index in [1.165, 1.54) is 16.0 Å². The second-order valence-electron chi connectivity index (χ2n) is 8.10. The van der Waals surface area contributed by atoms with Crippen LogP contribution in [0.5, 0.6) is 0 Å². The average molecular weight is 476 g/mol. The maximum Gasteiger partial charge on any atom is 0.359 e. The van der Waals surface area contributed by atoms with Crippen LogP contribution in [0, 0.1) is 0 Å². The van der Waals surface area contributed by atoms with Crippen LogP contribution in [0.3, 0.4) is 0 Å². The number of anilines is 1. The smallest absolute Gasteiger partial charge is 0.359 e. The Labute approximate surface area is 201 Å². The number of nitrogens with one attached hydrogen (secondary N) is 1. The van der Waals surface area contributed by atoms with Gasteiger partial charge in [-0.1, -0.05) is 56.3 Å². The molecule has 0 aliphatic rings. The van der Waals surface area contributed by atoms with Gasteiger partial charge in [-0.2, -0.15) is 9.78 Å². The standard InChI is InChI=1S/C26H25N3O4S/c1-4-33-26(32)23-20-15-34-24(27-21(30)14-17-8-6-5-7-9-17)22(20)25(31)29(28-23)19-12-10-18(11-13-19)16(2)3/h5-13,15-16H,4,14H2,1-3H3,(H,27,30). The van der Waals surface area contributed by atoms with Crippen LogP contribution in [0.2, 0.25) is 0 Å². The molecule has 34 heavy (non-hydrogen) atoms. The van der Waals surface area contributed by atoms with Crippen molar-refractivity contribution in [1.82, 2.24) is 9.78 Å². The van der Waals surface area contributed by atoms with Crippen LogP contribution in [0.15, 0.2) is 64.8 Å². The first-order valence-corrected chi connectivity index (χ1v) is 11.9. The van der Waals surface area contributed by atoms with Crippen LogP contribution >= 0.6 is 11.3 Å². The Morgan fingerprint density at radius 1 is 1.09 bits per heavy atom. The number of ether oxygens (including phenoxy) is 1. The van der Waals surface area contributed by atoms with Crippen molar-refractivity contribution < 1.29 is 14.3 Å². The molecule has 0 bridgehead atoms. The Bertz CT molecular complexity index is 1390. The molecule has 0 unspecified atom stereocenters. The van der Waals surface area contributed by atoms with Gasteiger partial charge in [0.25, 0.3) is 5.56 Å². The SMILES string of the molecule is CCOC(=O)c1nn(-c2ccc(C(C)C)cc2)c(=O)c2c(NC(=O)Cc3ccccc3)scc12. The fraction of sp³-hybridized carbons (Fsp3) is 0.231. The summed E-state index contributed by atoms with van der Waals surface area (Å²) < 4.78 is 6.38. The molecule has 1 N–H and O–H groups in total. The van der Waals surface area contributed by atoms with Crippen molar-refractivity contribution in [2.45, 2.75) is 33.1 Å². The fourth-order valence-electron chi connectivity index (χ4n) is 3.62. The van der Waals surface area contributed by atoms with Crippen molar-refractivity contribution in [3.63, 3.8) is 0 Å². The molecule has 0 atom stereocenters. The first-order valence-electron chi connectivity index (χ1n) is 11.0. The molecule has 174 valence electrons. The summed E-state index contributed by atoms with van der Waals surface area (Å²) in [6, 6.07) is 16.8. The van der Waals surface area contributed by atoms with E-state index >= 15 is 0 Å². The highest BCUT2D eigenvalue weighted by Crippen LogP contribution is 2.31. The van der Waals surface area contributed by atoms with E-state index in [9.17, 15) is 14.4 Å². The third kappa shape index (κ3) is 4.77. The number of thiophene rings is 1. The number of nitrogens with zero attached hydrogens (tertiary/aromatic N) is 2. The molecule has 0 saturated heterocycles. The average Bonchev–Trinajstić information content (AvgIpc) is 3.24. The number of fused-ring (bicyclic) bond motifs is 1. The third-order valence-corrected chi connectivity index (χ3v) is 6.28. The van der Waals surface area contributed by atoms with Crippen molar-refractivity contribution in [1.29, 1.82) is 0 Å². The van der Waals surface area contributed by atoms with Gasteiger partial charge in [0, 0.05) is 10.8 Å². The molecule has 4 aromatic rings. The summed E-state index contributed by atoms with van der Waals surface area (Å²) in [5.41, 5.74) is 2.11. The van der Waals surface area contributed by atoms with Crippen molar-refractivity contribution >= 4 is 39.0 Å². The molecule has 0 saturated carbocycles. The number of hydrogen-bond donors (Lipinski definition) is 1. The predicted molar refractivity (Wildman–Crippen MR) is 134 cm³/mol. The second-order valence-corrected chi connectivity index (χ2v) is 8.98. The minimum absolute atomic E-state index is 0.0317. The van der Waals surface area contributed by atoms with E-state index in [0.29, 0.717) is 22.0 Å². The van der Waals surface area contributed by atoms with Gasteiger partial charge in [0.1, 0.15) is 5.00 Å². The molecule has 0 aliphatic heterocycles. The molecule has 2 heterocycles. The lowest BCUT2D eigenvalue weighted by molar-refractivity contribution is -0.115. The Kier molecular flexibility index (Phi) is 6.88. The molecule has 2 aromatic heterocycles. The van der Waals surface area contributed by atoms with Crippen LogP contribution in [0.25, 0.3) is 16.5 Å². The molecule has 1 amide bonds. The van der Waals surface area contributed by atoms with Crippen LogP contribution in [0.1, 0.15) is 48.3 Å². The largest absolute Gasteiger partial charge is 0.461 e. The summed E-state index contributed by atoms with van der Waals surface area (Å²) in [7, 11) is 0. The lowest BCUT2D eigenvalue weighted by atomic mass is 10.0. The molecule has 4 rings (SSSR count). The highest BCUT2D eigenvalue weighted by Gasteiger charge is 2.23. The maximum atomic E-state index is 13.5. The molecule has 0 radical (unpaired) electrons. The fourth-order valence-corrected chi connectivity index (χ4v) is 4.57. The van der Waals surface area contributed by atoms with Crippen molar-refractivity contribution in [2.24, 2.45) is 0 Å². The van der Waals surface area contributed by atoms with E-state index in [1.54, 1.807) is 24.4 Å². The first-order chi connectivity index (χ1) is 16.4. The minimum atomic E-state index is -0.625. The molecule has 8 heteroatoms. The Morgan fingerprint density at radius 3 is 2.44 bits per heavy atom. The summed E-state index contributed by atoms with van der Waals surface area (Å²) in [6.45, 7) is 6.05. The maximum absolute atomic E-state index is 13.5. The highest BCUT2D eigenvalue weighted by atomic mass is 32.1. The summed E-state index contributed by atoms with van der Waals surface area (Å²) >= 11 is 1.18. The first kappa shape index (κ1) is 23.4. The van der Waals surface area contributed by atoms with Crippen LogP contribution in [0.4, 0.5) is 5.00 Å². The van der Waals surface area contributed by atoms with Crippen LogP contribution in [-0.2, 0) is 16.0 Å². The highest BCUT2D eigenvalue weighted by molar-refractivity contribution is 7.16. The summed E-state index contributed by atoms with van der Waals surface area (Å²) in [6.07, 6.45) is 0.168. The molecule has 2 aromatic carbocycles. The quantitative estimate of drug-likeness (QED) is 0.383. The molecular weight excluding hydrogens is 450 g/mol. The summed E-state index contributed by atoms with van der Waals surface area (Å²) in [5.74, 6) is -0.545. The second kappa shape index (κ2) is 10.0. The van der Waals surface area contributed by atoms with E-state index in [4.69, 9.17) is 4.74 Å². The zero-order valence-electron chi connectivity index (χ0n) is 19.2. The van der Waals surface area contributed by atoms with Gasteiger partial charge in [0.05, 0.1) is 24.1 Å². The third-order valence-electron chi connectivity index (χ3n) is 5.39. The van der Waals surface area contributed by atoms with Gasteiger partial charge in [-0.3, -0.25) is 9.59 Å². The summed E-state index contributed by atoms with van der Waals surface area (Å²) in [4.78, 5) is 38.9. The molecule has 0 aliphatic carbocycles. The number of amides is 1. The number of carbonyl (C=O) groups is 2. The molecular formula is C26H25N3O4S. The Morgan fingerprint density at radius 2 is 1.79 bits per heavy atom. The van der Waals surface area contributed by atoms with E-state index in [2.05, 4.69) is 24.3 Å². The van der Waals surface area contributed by atoms with E-state index in [-0.39, 0.29) is 30.0 Å². The van der Waals surface area contributed by atoms with Gasteiger partial charge in [-0.25, -0.2) is 4.79 Å². The zero-order chi connectivity index (χ0) is 24.2. The Balaban J connectivity index is 1.80. The van der Waals surface area contributed by atoms with Gasteiger partial charge in [-0.15, -0.1) is 11.3 Å². The van der Waals surface area contributed by atoms with Crippen LogP contribution in [-0.4, -0.2) is 28.3 Å². The van der Waals surface area contributed by atoms with Crippen molar-refractivity contribution in [2.75, 3.05) is 11.9 Å². The lowest BCUT2D eigenvalue weighted by Crippen LogP contribution is -2.25. The number of hydrogen-bond acceptors (Lipinski definition) is 6. The van der Waals surface area contributed by atoms with Gasteiger partial charge in [-0.05, 0) is 36.1 Å².